The molecular formula is C19H38O2. The maximum atomic E-state index is 10.4. The Kier molecular flexibility index (Phi) is 11.8. The molecule has 0 aromatic carbocycles. The largest absolute Gasteiger partial charge is 0.481 e. The SMILES string of the molecule is CC(C)C(C)(C)CCCCCCCCCCCCC(=O)O. The number of carbonyl (C=O) groups is 1. The van der Waals surface area contributed by atoms with E-state index in [9.17, 15) is 4.79 Å². The van der Waals surface area contributed by atoms with Crippen LogP contribution in [0.25, 0.3) is 0 Å². The molecule has 126 valence electrons. The summed E-state index contributed by atoms with van der Waals surface area (Å²) < 4.78 is 0. The van der Waals surface area contributed by atoms with Crippen LogP contribution in [0.3, 0.4) is 0 Å². The van der Waals surface area contributed by atoms with E-state index in [-0.39, 0.29) is 0 Å². The summed E-state index contributed by atoms with van der Waals surface area (Å²) in [6.45, 7) is 9.44. The monoisotopic (exact) mass is 298 g/mol. The minimum Gasteiger partial charge on any atom is -0.481 e. The Morgan fingerprint density at radius 3 is 1.57 bits per heavy atom. The van der Waals surface area contributed by atoms with E-state index < -0.39 is 5.97 Å². The fourth-order valence-corrected chi connectivity index (χ4v) is 2.56. The molecule has 0 unspecified atom stereocenters. The molecule has 0 radical (unpaired) electrons. The molecule has 1 N–H and O–H groups in total. The van der Waals surface area contributed by atoms with Crippen molar-refractivity contribution in [1.82, 2.24) is 0 Å². The molecule has 0 spiro atoms. The first-order valence-electron chi connectivity index (χ1n) is 9.08. The van der Waals surface area contributed by atoms with E-state index in [2.05, 4.69) is 27.7 Å². The van der Waals surface area contributed by atoms with Crippen molar-refractivity contribution in [3.05, 3.63) is 0 Å². The Morgan fingerprint density at radius 1 is 0.810 bits per heavy atom. The third-order valence-corrected chi connectivity index (χ3v) is 5.02. The van der Waals surface area contributed by atoms with Crippen molar-refractivity contribution in [3.63, 3.8) is 0 Å². The van der Waals surface area contributed by atoms with Crippen LogP contribution < -0.4 is 0 Å². The maximum absolute atomic E-state index is 10.4. The van der Waals surface area contributed by atoms with Gasteiger partial charge in [-0.05, 0) is 24.2 Å². The molecule has 0 amide bonds. The highest BCUT2D eigenvalue weighted by Crippen LogP contribution is 2.32. The molecule has 2 nitrogen and oxygen atoms in total. The molecule has 0 aromatic rings. The van der Waals surface area contributed by atoms with Crippen LogP contribution in [-0.2, 0) is 4.79 Å². The number of rotatable bonds is 14. The third-order valence-electron chi connectivity index (χ3n) is 5.02. The minimum atomic E-state index is -0.657. The zero-order chi connectivity index (χ0) is 16.1. The Morgan fingerprint density at radius 2 is 1.19 bits per heavy atom. The van der Waals surface area contributed by atoms with Gasteiger partial charge in [-0.25, -0.2) is 0 Å². The highest BCUT2D eigenvalue weighted by Gasteiger charge is 2.20. The topological polar surface area (TPSA) is 37.3 Å². The smallest absolute Gasteiger partial charge is 0.303 e. The van der Waals surface area contributed by atoms with E-state index >= 15 is 0 Å². The second-order valence-electron chi connectivity index (χ2n) is 7.57. The molecule has 0 aliphatic carbocycles. The maximum Gasteiger partial charge on any atom is 0.303 e. The number of carboxylic acids is 1. The molecule has 2 heteroatoms. The first-order chi connectivity index (χ1) is 9.86. The fourth-order valence-electron chi connectivity index (χ4n) is 2.56. The van der Waals surface area contributed by atoms with Crippen LogP contribution in [0.1, 0.15) is 105 Å². The highest BCUT2D eigenvalue weighted by molar-refractivity contribution is 5.66. The van der Waals surface area contributed by atoms with Crippen LogP contribution in [0.15, 0.2) is 0 Å². The van der Waals surface area contributed by atoms with Gasteiger partial charge in [0.25, 0.3) is 0 Å². The molecule has 0 atom stereocenters. The van der Waals surface area contributed by atoms with Crippen molar-refractivity contribution in [2.45, 2.75) is 105 Å². The lowest BCUT2D eigenvalue weighted by molar-refractivity contribution is -0.137. The average Bonchev–Trinajstić information content (AvgIpc) is 2.39. The van der Waals surface area contributed by atoms with Crippen LogP contribution in [0, 0.1) is 11.3 Å². The first-order valence-corrected chi connectivity index (χ1v) is 9.08. The van der Waals surface area contributed by atoms with Crippen LogP contribution >= 0.6 is 0 Å². The molecule has 0 bridgehead atoms. The molecule has 0 aromatic heterocycles. The average molecular weight is 299 g/mol. The molecule has 0 aliphatic rings. The second kappa shape index (κ2) is 12.1. The lowest BCUT2D eigenvalue weighted by atomic mass is 9.77. The molecule has 0 fully saturated rings. The van der Waals surface area contributed by atoms with E-state index in [1.807, 2.05) is 0 Å². The van der Waals surface area contributed by atoms with Gasteiger partial charge in [0.2, 0.25) is 0 Å². The molecule has 0 rings (SSSR count). The summed E-state index contributed by atoms with van der Waals surface area (Å²) in [6, 6.07) is 0. The summed E-state index contributed by atoms with van der Waals surface area (Å²) in [6.07, 6.45) is 14.3. The van der Waals surface area contributed by atoms with Crippen LogP contribution in [0.4, 0.5) is 0 Å². The summed E-state index contributed by atoms with van der Waals surface area (Å²) in [5, 5.41) is 8.54. The van der Waals surface area contributed by atoms with Crippen molar-refractivity contribution < 1.29 is 9.90 Å². The van der Waals surface area contributed by atoms with Gasteiger partial charge in [-0.2, -0.15) is 0 Å². The summed E-state index contributed by atoms with van der Waals surface area (Å²) in [5.41, 5.74) is 0.496. The van der Waals surface area contributed by atoms with Gasteiger partial charge in [0, 0.05) is 6.42 Å². The molecule has 0 saturated carbocycles. The van der Waals surface area contributed by atoms with Crippen molar-refractivity contribution in [1.29, 1.82) is 0 Å². The van der Waals surface area contributed by atoms with Crippen LogP contribution in [-0.4, -0.2) is 11.1 Å². The zero-order valence-corrected chi connectivity index (χ0v) is 14.9. The van der Waals surface area contributed by atoms with Gasteiger partial charge in [-0.1, -0.05) is 85.5 Å². The minimum absolute atomic E-state index is 0.340. The number of aliphatic carboxylic acids is 1. The Labute approximate surface area is 132 Å². The van der Waals surface area contributed by atoms with E-state index in [1.165, 1.54) is 57.8 Å². The van der Waals surface area contributed by atoms with Gasteiger partial charge in [0.1, 0.15) is 0 Å². The number of unbranched alkanes of at least 4 members (excludes halogenated alkanes) is 9. The van der Waals surface area contributed by atoms with Crippen molar-refractivity contribution in [3.8, 4) is 0 Å². The predicted molar refractivity (Wildman–Crippen MR) is 91.7 cm³/mol. The lowest BCUT2D eigenvalue weighted by Gasteiger charge is -2.29. The molecular weight excluding hydrogens is 260 g/mol. The van der Waals surface area contributed by atoms with Gasteiger partial charge >= 0.3 is 5.97 Å². The Bertz CT molecular complexity index is 256. The van der Waals surface area contributed by atoms with E-state index in [4.69, 9.17) is 5.11 Å². The second-order valence-corrected chi connectivity index (χ2v) is 7.57. The zero-order valence-electron chi connectivity index (χ0n) is 14.9. The van der Waals surface area contributed by atoms with Gasteiger partial charge in [-0.15, -0.1) is 0 Å². The van der Waals surface area contributed by atoms with Gasteiger partial charge in [0.05, 0.1) is 0 Å². The Balaban J connectivity index is 3.21. The molecule has 0 saturated heterocycles. The van der Waals surface area contributed by atoms with Crippen molar-refractivity contribution in [2.24, 2.45) is 11.3 Å². The van der Waals surface area contributed by atoms with Crippen LogP contribution in [0.2, 0.25) is 0 Å². The van der Waals surface area contributed by atoms with Gasteiger partial charge in [-0.3, -0.25) is 4.79 Å². The number of carboxylic acid groups (broad SMARTS) is 1. The molecule has 0 heterocycles. The van der Waals surface area contributed by atoms with E-state index in [0.29, 0.717) is 11.8 Å². The fraction of sp³-hybridized carbons (Fsp3) is 0.947. The van der Waals surface area contributed by atoms with Gasteiger partial charge in [0.15, 0.2) is 0 Å². The lowest BCUT2D eigenvalue weighted by Crippen LogP contribution is -2.18. The predicted octanol–water partition coefficient (Wildman–Crippen LogP) is 6.43. The van der Waals surface area contributed by atoms with Crippen LogP contribution in [0.5, 0.6) is 0 Å². The molecule has 0 aliphatic heterocycles. The standard InChI is InChI=1S/C19H38O2/c1-17(2)19(3,4)16-14-12-10-8-6-5-7-9-11-13-15-18(20)21/h17H,5-16H2,1-4H3,(H,20,21). The van der Waals surface area contributed by atoms with Crippen molar-refractivity contribution in [2.75, 3.05) is 0 Å². The number of hydrogen-bond donors (Lipinski definition) is 1. The van der Waals surface area contributed by atoms with Crippen molar-refractivity contribution >= 4 is 5.97 Å². The van der Waals surface area contributed by atoms with E-state index in [1.54, 1.807) is 0 Å². The highest BCUT2D eigenvalue weighted by atomic mass is 16.4. The normalized spacial score (nSPS) is 12.0. The quantitative estimate of drug-likeness (QED) is 0.375. The third kappa shape index (κ3) is 12.9. The Hall–Kier alpha value is -0.530. The summed E-state index contributed by atoms with van der Waals surface area (Å²) in [7, 11) is 0. The summed E-state index contributed by atoms with van der Waals surface area (Å²) in [5.74, 6) is 0.120. The first kappa shape index (κ1) is 20.5. The summed E-state index contributed by atoms with van der Waals surface area (Å²) in [4.78, 5) is 10.4. The van der Waals surface area contributed by atoms with E-state index in [0.717, 1.165) is 18.8 Å². The number of hydrogen-bond acceptors (Lipinski definition) is 1. The molecule has 21 heavy (non-hydrogen) atoms. The van der Waals surface area contributed by atoms with Gasteiger partial charge < -0.3 is 5.11 Å². The summed E-state index contributed by atoms with van der Waals surface area (Å²) >= 11 is 0.